The lowest BCUT2D eigenvalue weighted by atomic mass is 10.4. The number of amides is 1. The average Bonchev–Trinajstić information content (AvgIpc) is 2.91. The van der Waals surface area contributed by atoms with Gasteiger partial charge in [0.25, 0.3) is 0 Å². The number of hydrogen-bond donors (Lipinski definition) is 2. The van der Waals surface area contributed by atoms with Crippen molar-refractivity contribution in [1.29, 1.82) is 0 Å². The number of hydrogen-bond acceptors (Lipinski definition) is 4. The smallest absolute Gasteiger partial charge is 0.240 e. The van der Waals surface area contributed by atoms with Crippen molar-refractivity contribution in [3.8, 4) is 0 Å². The zero-order chi connectivity index (χ0) is 16.9. The first kappa shape index (κ1) is 18.1. The fourth-order valence-electron chi connectivity index (χ4n) is 1.87. The van der Waals surface area contributed by atoms with Gasteiger partial charge in [-0.3, -0.25) is 4.79 Å². The van der Waals surface area contributed by atoms with Gasteiger partial charge in [-0.1, -0.05) is 22.0 Å². The van der Waals surface area contributed by atoms with Gasteiger partial charge in [-0.25, -0.2) is 13.1 Å². The molecular weight excluding hydrogens is 400 g/mol. The van der Waals surface area contributed by atoms with Gasteiger partial charge >= 0.3 is 0 Å². The molecule has 0 radical (unpaired) electrons. The van der Waals surface area contributed by atoms with E-state index in [-0.39, 0.29) is 23.8 Å². The molecule has 1 aromatic carbocycles. The molecule has 2 aromatic rings. The Bertz CT molecular complexity index is 788. The summed E-state index contributed by atoms with van der Waals surface area (Å²) in [6.45, 7) is 2.53. The van der Waals surface area contributed by atoms with Crippen LogP contribution in [0.5, 0.6) is 0 Å². The number of benzene rings is 1. The minimum absolute atomic E-state index is 0.0597. The second-order valence-corrected chi connectivity index (χ2v) is 8.95. The van der Waals surface area contributed by atoms with Crippen molar-refractivity contribution < 1.29 is 13.2 Å². The normalized spacial score (nSPS) is 11.4. The third kappa shape index (κ3) is 5.72. The maximum absolute atomic E-state index is 12.1. The molecule has 0 aliphatic heterocycles. The average molecular weight is 417 g/mol. The minimum atomic E-state index is -3.60. The highest BCUT2D eigenvalue weighted by molar-refractivity contribution is 9.10. The summed E-state index contributed by atoms with van der Waals surface area (Å²) in [6.07, 6.45) is 0.0948. The Hall–Kier alpha value is -1.22. The van der Waals surface area contributed by atoms with Crippen molar-refractivity contribution in [2.75, 3.05) is 6.54 Å². The second kappa shape index (κ2) is 8.05. The summed E-state index contributed by atoms with van der Waals surface area (Å²) in [5.74, 6) is -0.187. The molecule has 0 saturated heterocycles. The maximum atomic E-state index is 12.1. The summed E-state index contributed by atoms with van der Waals surface area (Å²) < 4.78 is 27.3. The Morgan fingerprint density at radius 3 is 2.70 bits per heavy atom. The molecule has 124 valence electrons. The first-order valence-corrected chi connectivity index (χ1v) is 10.0. The first-order chi connectivity index (χ1) is 10.9. The van der Waals surface area contributed by atoms with Gasteiger partial charge in [-0.15, -0.1) is 11.3 Å². The Labute approximate surface area is 148 Å². The molecule has 2 rings (SSSR count). The van der Waals surface area contributed by atoms with E-state index in [2.05, 4.69) is 26.0 Å². The fourth-order valence-corrected chi connectivity index (χ4v) is 4.33. The number of aryl methyl sites for hydroxylation is 1. The molecule has 0 saturated carbocycles. The molecule has 0 fully saturated rings. The van der Waals surface area contributed by atoms with Crippen molar-refractivity contribution in [3.63, 3.8) is 0 Å². The number of rotatable bonds is 7. The quantitative estimate of drug-likeness (QED) is 0.728. The molecule has 1 amide bonds. The third-order valence-corrected chi connectivity index (χ3v) is 5.96. The predicted molar refractivity (Wildman–Crippen MR) is 94.9 cm³/mol. The topological polar surface area (TPSA) is 75.3 Å². The largest absolute Gasteiger partial charge is 0.351 e. The van der Waals surface area contributed by atoms with Gasteiger partial charge in [0.15, 0.2) is 0 Å². The van der Waals surface area contributed by atoms with Crippen molar-refractivity contribution in [2.24, 2.45) is 0 Å². The van der Waals surface area contributed by atoms with E-state index >= 15 is 0 Å². The summed E-state index contributed by atoms with van der Waals surface area (Å²) in [5, 5.41) is 2.78. The highest BCUT2D eigenvalue weighted by Crippen LogP contribution is 2.16. The summed E-state index contributed by atoms with van der Waals surface area (Å²) in [4.78, 5) is 14.2. The summed E-state index contributed by atoms with van der Waals surface area (Å²) >= 11 is 4.86. The number of thiophene rings is 1. The summed E-state index contributed by atoms with van der Waals surface area (Å²) in [5.41, 5.74) is 0. The lowest BCUT2D eigenvalue weighted by Crippen LogP contribution is -2.30. The zero-order valence-electron chi connectivity index (χ0n) is 12.5. The van der Waals surface area contributed by atoms with Crippen LogP contribution in [-0.2, 0) is 21.4 Å². The Morgan fingerprint density at radius 2 is 2.04 bits per heavy atom. The van der Waals surface area contributed by atoms with Gasteiger partial charge in [-0.05, 0) is 37.3 Å². The zero-order valence-corrected chi connectivity index (χ0v) is 15.7. The van der Waals surface area contributed by atoms with E-state index in [1.54, 1.807) is 23.5 Å². The van der Waals surface area contributed by atoms with Crippen LogP contribution in [0, 0.1) is 6.92 Å². The van der Waals surface area contributed by atoms with Crippen LogP contribution in [0.25, 0.3) is 0 Å². The number of carbonyl (C=O) groups is 1. The molecule has 1 heterocycles. The van der Waals surface area contributed by atoms with Crippen LogP contribution in [0.1, 0.15) is 16.2 Å². The fraction of sp³-hybridized carbons (Fsp3) is 0.267. The maximum Gasteiger partial charge on any atom is 0.240 e. The van der Waals surface area contributed by atoms with E-state index in [0.717, 1.165) is 4.88 Å². The van der Waals surface area contributed by atoms with Gasteiger partial charge in [-0.2, -0.15) is 0 Å². The lowest BCUT2D eigenvalue weighted by Gasteiger charge is -2.07. The lowest BCUT2D eigenvalue weighted by molar-refractivity contribution is -0.121. The van der Waals surface area contributed by atoms with E-state index in [1.165, 1.54) is 17.0 Å². The third-order valence-electron chi connectivity index (χ3n) is 3.01. The highest BCUT2D eigenvalue weighted by atomic mass is 79.9. The Morgan fingerprint density at radius 1 is 1.26 bits per heavy atom. The van der Waals surface area contributed by atoms with E-state index in [9.17, 15) is 13.2 Å². The molecule has 0 atom stereocenters. The summed E-state index contributed by atoms with van der Waals surface area (Å²) in [6, 6.07) is 10.4. The molecule has 23 heavy (non-hydrogen) atoms. The Balaban J connectivity index is 1.78. The first-order valence-electron chi connectivity index (χ1n) is 6.94. The van der Waals surface area contributed by atoms with Crippen LogP contribution < -0.4 is 10.0 Å². The Kier molecular flexibility index (Phi) is 6.34. The predicted octanol–water partition coefficient (Wildman–Crippen LogP) is 2.80. The monoisotopic (exact) mass is 416 g/mol. The standard InChI is InChI=1S/C15H17BrN2O3S2/c1-11-5-6-13(22-11)10-17-15(19)7-8-18-23(20,21)14-4-2-3-12(16)9-14/h2-6,9,18H,7-8,10H2,1H3,(H,17,19). The number of halogens is 1. The van der Waals surface area contributed by atoms with Crippen LogP contribution in [0.2, 0.25) is 0 Å². The number of sulfonamides is 1. The molecule has 8 heteroatoms. The van der Waals surface area contributed by atoms with Gasteiger partial charge in [0, 0.05) is 27.2 Å². The number of nitrogens with one attached hydrogen (secondary N) is 2. The van der Waals surface area contributed by atoms with Crippen molar-refractivity contribution in [1.82, 2.24) is 10.0 Å². The molecule has 1 aromatic heterocycles. The van der Waals surface area contributed by atoms with Crippen molar-refractivity contribution in [2.45, 2.75) is 24.8 Å². The van der Waals surface area contributed by atoms with Crippen LogP contribution >= 0.6 is 27.3 Å². The molecular formula is C15H17BrN2O3S2. The molecule has 0 unspecified atom stereocenters. The van der Waals surface area contributed by atoms with Crippen molar-refractivity contribution in [3.05, 3.63) is 50.6 Å². The minimum Gasteiger partial charge on any atom is -0.351 e. The van der Waals surface area contributed by atoms with E-state index in [1.807, 2.05) is 19.1 Å². The molecule has 5 nitrogen and oxygen atoms in total. The molecule has 0 bridgehead atoms. The molecule has 2 N–H and O–H groups in total. The van der Waals surface area contributed by atoms with E-state index in [4.69, 9.17) is 0 Å². The molecule has 0 aliphatic rings. The summed E-state index contributed by atoms with van der Waals surface area (Å²) in [7, 11) is -3.60. The van der Waals surface area contributed by atoms with Crippen LogP contribution in [0.4, 0.5) is 0 Å². The highest BCUT2D eigenvalue weighted by Gasteiger charge is 2.14. The van der Waals surface area contributed by atoms with Crippen LogP contribution in [0.15, 0.2) is 45.8 Å². The van der Waals surface area contributed by atoms with E-state index < -0.39 is 10.0 Å². The molecule has 0 aliphatic carbocycles. The van der Waals surface area contributed by atoms with E-state index in [0.29, 0.717) is 11.0 Å². The molecule has 0 spiro atoms. The van der Waals surface area contributed by atoms with Crippen molar-refractivity contribution >= 4 is 43.2 Å². The second-order valence-electron chi connectivity index (χ2n) is 4.89. The van der Waals surface area contributed by atoms with Gasteiger partial charge in [0.2, 0.25) is 15.9 Å². The SMILES string of the molecule is Cc1ccc(CNC(=O)CCNS(=O)(=O)c2cccc(Br)c2)s1. The number of carbonyl (C=O) groups excluding carboxylic acids is 1. The van der Waals surface area contributed by atoms with Gasteiger partial charge < -0.3 is 5.32 Å². The van der Waals surface area contributed by atoms with Gasteiger partial charge in [0.05, 0.1) is 11.4 Å². The van der Waals surface area contributed by atoms with Gasteiger partial charge in [0.1, 0.15) is 0 Å². The van der Waals surface area contributed by atoms with Crippen LogP contribution in [-0.4, -0.2) is 20.9 Å². The van der Waals surface area contributed by atoms with Crippen LogP contribution in [0.3, 0.4) is 0 Å².